The summed E-state index contributed by atoms with van der Waals surface area (Å²) in [6.45, 7) is 4.60. The van der Waals surface area contributed by atoms with Gasteiger partial charge in [0.15, 0.2) is 0 Å². The first-order valence-corrected chi connectivity index (χ1v) is 8.91. The van der Waals surface area contributed by atoms with E-state index >= 15 is 0 Å². The van der Waals surface area contributed by atoms with Crippen molar-refractivity contribution < 1.29 is 0 Å². The molecule has 3 heterocycles. The van der Waals surface area contributed by atoms with Gasteiger partial charge in [-0.05, 0) is 41.8 Å². The number of fused-ring (bicyclic) bond motifs is 1. The molecule has 1 unspecified atom stereocenters. The van der Waals surface area contributed by atoms with E-state index in [0.717, 1.165) is 0 Å². The van der Waals surface area contributed by atoms with E-state index in [1.807, 2.05) is 34.4 Å². The molecule has 0 radical (unpaired) electrons. The summed E-state index contributed by atoms with van der Waals surface area (Å²) < 4.78 is 1.50. The Balaban J connectivity index is 1.78. The summed E-state index contributed by atoms with van der Waals surface area (Å²) in [5.41, 5.74) is 1.51. The van der Waals surface area contributed by atoms with Crippen LogP contribution in [0.1, 0.15) is 42.8 Å². The smallest absolute Gasteiger partial charge is 0.0649 e. The summed E-state index contributed by atoms with van der Waals surface area (Å²) >= 11 is 5.75. The Morgan fingerprint density at radius 3 is 2.94 bits per heavy atom. The highest BCUT2D eigenvalue weighted by molar-refractivity contribution is 8.01. The van der Waals surface area contributed by atoms with Crippen LogP contribution < -0.4 is 5.32 Å². The van der Waals surface area contributed by atoms with Gasteiger partial charge in [-0.3, -0.25) is 0 Å². The van der Waals surface area contributed by atoms with Gasteiger partial charge in [-0.25, -0.2) is 0 Å². The molecule has 0 spiro atoms. The molecule has 2 aromatic heterocycles. The molecule has 1 aliphatic rings. The summed E-state index contributed by atoms with van der Waals surface area (Å²) in [5, 5.41) is 8.89. The number of hydrogen-bond donors (Lipinski definition) is 1. The van der Waals surface area contributed by atoms with Crippen LogP contribution in [0.25, 0.3) is 0 Å². The maximum Gasteiger partial charge on any atom is 0.0649 e. The van der Waals surface area contributed by atoms with E-state index in [-0.39, 0.29) is 0 Å². The average Bonchev–Trinajstić information content (AvgIpc) is 2.98. The Labute approximate surface area is 121 Å². The topological polar surface area (TPSA) is 12.0 Å². The molecule has 0 saturated heterocycles. The Morgan fingerprint density at radius 2 is 2.17 bits per heavy atom. The van der Waals surface area contributed by atoms with Crippen LogP contribution in [0, 0.1) is 0 Å². The van der Waals surface area contributed by atoms with Crippen molar-refractivity contribution in [2.75, 3.05) is 0 Å². The SMILES string of the molecule is C[C@H]1CC(N[C@H](C)c2cccs2)c2ccsc2S1. The van der Waals surface area contributed by atoms with E-state index in [1.54, 1.807) is 0 Å². The third-order valence-electron chi connectivity index (χ3n) is 3.33. The second-order valence-electron chi connectivity index (χ2n) is 4.78. The van der Waals surface area contributed by atoms with Gasteiger partial charge in [0.25, 0.3) is 0 Å². The number of rotatable bonds is 3. The van der Waals surface area contributed by atoms with Gasteiger partial charge in [0.05, 0.1) is 4.21 Å². The van der Waals surface area contributed by atoms with E-state index in [9.17, 15) is 0 Å². The van der Waals surface area contributed by atoms with Crippen molar-refractivity contribution in [3.8, 4) is 0 Å². The molecule has 4 heteroatoms. The van der Waals surface area contributed by atoms with Crippen LogP contribution in [0.2, 0.25) is 0 Å². The fourth-order valence-electron chi connectivity index (χ4n) is 2.43. The van der Waals surface area contributed by atoms with Crippen LogP contribution in [-0.4, -0.2) is 5.25 Å². The van der Waals surface area contributed by atoms with Gasteiger partial charge in [0, 0.05) is 22.2 Å². The molecule has 1 aliphatic heterocycles. The summed E-state index contributed by atoms with van der Waals surface area (Å²) in [7, 11) is 0. The first kappa shape index (κ1) is 12.7. The third kappa shape index (κ3) is 2.52. The highest BCUT2D eigenvalue weighted by Gasteiger charge is 2.27. The molecular formula is C14H17NS3. The monoisotopic (exact) mass is 295 g/mol. The Bertz CT molecular complexity index is 503. The Hall–Kier alpha value is -0.290. The van der Waals surface area contributed by atoms with Gasteiger partial charge in [-0.2, -0.15) is 0 Å². The maximum absolute atomic E-state index is 3.80. The zero-order valence-electron chi connectivity index (χ0n) is 10.6. The van der Waals surface area contributed by atoms with Crippen LogP contribution in [0.15, 0.2) is 33.2 Å². The number of nitrogens with one attached hydrogen (secondary N) is 1. The van der Waals surface area contributed by atoms with Gasteiger partial charge in [0.2, 0.25) is 0 Å². The fraction of sp³-hybridized carbons (Fsp3) is 0.429. The van der Waals surface area contributed by atoms with Crippen LogP contribution in [0.3, 0.4) is 0 Å². The molecule has 18 heavy (non-hydrogen) atoms. The molecule has 0 saturated carbocycles. The molecule has 0 bridgehead atoms. The Kier molecular flexibility index (Phi) is 3.80. The van der Waals surface area contributed by atoms with E-state index in [1.165, 1.54) is 21.1 Å². The summed E-state index contributed by atoms with van der Waals surface area (Å²) in [6, 6.07) is 7.60. The molecule has 96 valence electrons. The standard InChI is InChI=1S/C14H17NS3/c1-9-8-12(11-5-7-17-14(11)18-9)15-10(2)13-4-3-6-16-13/h3-7,9-10,12,15H,8H2,1-2H3/t9-,10+,12?/m0/s1. The summed E-state index contributed by atoms with van der Waals surface area (Å²) in [4.78, 5) is 1.43. The van der Waals surface area contributed by atoms with Crippen LogP contribution in [0.4, 0.5) is 0 Å². The van der Waals surface area contributed by atoms with E-state index < -0.39 is 0 Å². The normalized spacial score (nSPS) is 24.8. The third-order valence-corrected chi connectivity index (χ3v) is 6.73. The number of thiophene rings is 2. The van der Waals surface area contributed by atoms with E-state index in [4.69, 9.17) is 0 Å². The minimum Gasteiger partial charge on any atom is -0.302 e. The van der Waals surface area contributed by atoms with Crippen molar-refractivity contribution in [3.05, 3.63) is 39.4 Å². The molecular weight excluding hydrogens is 278 g/mol. The minimum absolute atomic E-state index is 0.443. The highest BCUT2D eigenvalue weighted by Crippen LogP contribution is 2.44. The lowest BCUT2D eigenvalue weighted by molar-refractivity contribution is 0.439. The van der Waals surface area contributed by atoms with Crippen molar-refractivity contribution in [1.29, 1.82) is 0 Å². The van der Waals surface area contributed by atoms with E-state index in [0.29, 0.717) is 17.3 Å². The Morgan fingerprint density at radius 1 is 1.28 bits per heavy atom. The minimum atomic E-state index is 0.443. The molecule has 0 aliphatic carbocycles. The molecule has 2 aromatic rings. The van der Waals surface area contributed by atoms with Crippen molar-refractivity contribution in [3.63, 3.8) is 0 Å². The molecule has 0 fully saturated rings. The largest absolute Gasteiger partial charge is 0.302 e. The van der Waals surface area contributed by atoms with Crippen molar-refractivity contribution in [2.45, 2.75) is 41.8 Å². The second kappa shape index (κ2) is 5.37. The van der Waals surface area contributed by atoms with Gasteiger partial charge >= 0.3 is 0 Å². The predicted octanol–water partition coefficient (Wildman–Crippen LogP) is 5.09. The van der Waals surface area contributed by atoms with Crippen molar-refractivity contribution >= 4 is 34.4 Å². The van der Waals surface area contributed by atoms with Crippen LogP contribution >= 0.6 is 34.4 Å². The fourth-order valence-corrected chi connectivity index (χ4v) is 5.74. The van der Waals surface area contributed by atoms with Gasteiger partial charge in [0.1, 0.15) is 0 Å². The summed E-state index contributed by atoms with van der Waals surface area (Å²) in [5.74, 6) is 0. The number of hydrogen-bond acceptors (Lipinski definition) is 4. The zero-order chi connectivity index (χ0) is 12.5. The predicted molar refractivity (Wildman–Crippen MR) is 82.9 cm³/mol. The second-order valence-corrected chi connectivity index (χ2v) is 8.39. The van der Waals surface area contributed by atoms with Gasteiger partial charge < -0.3 is 5.32 Å². The lowest BCUT2D eigenvalue weighted by Crippen LogP contribution is -2.28. The van der Waals surface area contributed by atoms with E-state index in [2.05, 4.69) is 48.1 Å². The molecule has 1 nitrogen and oxygen atoms in total. The molecule has 0 amide bonds. The van der Waals surface area contributed by atoms with Gasteiger partial charge in [-0.1, -0.05) is 13.0 Å². The first-order chi connectivity index (χ1) is 8.74. The van der Waals surface area contributed by atoms with Crippen molar-refractivity contribution in [2.24, 2.45) is 0 Å². The highest BCUT2D eigenvalue weighted by atomic mass is 32.2. The molecule has 3 rings (SSSR count). The van der Waals surface area contributed by atoms with Crippen LogP contribution in [-0.2, 0) is 0 Å². The zero-order valence-corrected chi connectivity index (χ0v) is 13.0. The first-order valence-electron chi connectivity index (χ1n) is 6.27. The lowest BCUT2D eigenvalue weighted by Gasteiger charge is -2.30. The van der Waals surface area contributed by atoms with Crippen LogP contribution in [0.5, 0.6) is 0 Å². The van der Waals surface area contributed by atoms with Gasteiger partial charge in [-0.15, -0.1) is 34.4 Å². The number of thioether (sulfide) groups is 1. The van der Waals surface area contributed by atoms with Crippen molar-refractivity contribution in [1.82, 2.24) is 5.32 Å². The lowest BCUT2D eigenvalue weighted by atomic mass is 10.0. The quantitative estimate of drug-likeness (QED) is 0.847. The molecule has 3 atom stereocenters. The molecule has 1 N–H and O–H groups in total. The summed E-state index contributed by atoms with van der Waals surface area (Å²) in [6.07, 6.45) is 1.23. The molecule has 0 aromatic carbocycles. The average molecular weight is 295 g/mol. The maximum atomic E-state index is 3.80.